The standard InChI is InChI=1S/C7H14O5S/c1-2-3-4-12-5-7(8)6-13(9,10)11/h2-3,7-8H,4-6H2,1H3,(H,9,10,11). The normalized spacial score (nSPS) is 15.0. The summed E-state index contributed by atoms with van der Waals surface area (Å²) in [6.07, 6.45) is 2.32. The predicted octanol–water partition coefficient (Wildman–Crippen LogP) is -0.172. The lowest BCUT2D eigenvalue weighted by Gasteiger charge is -2.07. The average Bonchev–Trinajstić information content (AvgIpc) is 1.94. The van der Waals surface area contributed by atoms with Gasteiger partial charge in [-0.05, 0) is 6.92 Å². The molecule has 1 unspecified atom stereocenters. The van der Waals surface area contributed by atoms with Crippen molar-refractivity contribution in [3.8, 4) is 0 Å². The van der Waals surface area contributed by atoms with E-state index >= 15 is 0 Å². The molecule has 5 nitrogen and oxygen atoms in total. The van der Waals surface area contributed by atoms with Crippen LogP contribution in [0.5, 0.6) is 0 Å². The molecule has 0 heterocycles. The maximum atomic E-state index is 10.3. The molecule has 0 bridgehead atoms. The van der Waals surface area contributed by atoms with Crippen molar-refractivity contribution in [1.82, 2.24) is 0 Å². The van der Waals surface area contributed by atoms with Gasteiger partial charge < -0.3 is 9.84 Å². The van der Waals surface area contributed by atoms with Crippen molar-refractivity contribution in [2.75, 3.05) is 19.0 Å². The van der Waals surface area contributed by atoms with Crippen LogP contribution >= 0.6 is 0 Å². The maximum absolute atomic E-state index is 10.3. The zero-order valence-electron chi connectivity index (χ0n) is 7.38. The highest BCUT2D eigenvalue weighted by Crippen LogP contribution is 1.91. The minimum absolute atomic E-state index is 0.107. The Hall–Kier alpha value is -0.430. The summed E-state index contributed by atoms with van der Waals surface area (Å²) in [5.74, 6) is -0.692. The Kier molecular flexibility index (Phi) is 5.89. The SMILES string of the molecule is CC=CCOCC(O)CS(=O)(=O)O. The first-order valence-corrected chi connectivity index (χ1v) is 5.38. The van der Waals surface area contributed by atoms with Crippen LogP contribution < -0.4 is 0 Å². The Bertz CT molecular complexity index is 244. The van der Waals surface area contributed by atoms with Crippen LogP contribution in [0.4, 0.5) is 0 Å². The van der Waals surface area contributed by atoms with Gasteiger partial charge in [-0.15, -0.1) is 0 Å². The summed E-state index contributed by atoms with van der Waals surface area (Å²) in [5, 5.41) is 9.00. The first kappa shape index (κ1) is 12.6. The van der Waals surface area contributed by atoms with E-state index in [2.05, 4.69) is 0 Å². The molecule has 0 aliphatic carbocycles. The first-order valence-electron chi connectivity index (χ1n) is 3.78. The third kappa shape index (κ3) is 9.48. The summed E-state index contributed by atoms with van der Waals surface area (Å²) in [5.41, 5.74) is 0. The minimum Gasteiger partial charge on any atom is -0.390 e. The van der Waals surface area contributed by atoms with Crippen molar-refractivity contribution >= 4 is 10.1 Å². The van der Waals surface area contributed by atoms with Gasteiger partial charge in [-0.1, -0.05) is 12.2 Å². The summed E-state index contributed by atoms with van der Waals surface area (Å²) >= 11 is 0. The van der Waals surface area contributed by atoms with E-state index in [0.29, 0.717) is 6.61 Å². The first-order chi connectivity index (χ1) is 5.95. The predicted molar refractivity (Wildman–Crippen MR) is 48.1 cm³/mol. The number of rotatable bonds is 6. The zero-order valence-corrected chi connectivity index (χ0v) is 8.20. The lowest BCUT2D eigenvalue weighted by Crippen LogP contribution is -2.25. The van der Waals surface area contributed by atoms with Crippen LogP contribution in [-0.4, -0.2) is 43.1 Å². The van der Waals surface area contributed by atoms with Crippen molar-refractivity contribution in [1.29, 1.82) is 0 Å². The van der Waals surface area contributed by atoms with Gasteiger partial charge in [-0.25, -0.2) is 0 Å². The van der Waals surface area contributed by atoms with Crippen LogP contribution in [0.15, 0.2) is 12.2 Å². The molecule has 0 aromatic heterocycles. The highest BCUT2D eigenvalue weighted by atomic mass is 32.2. The molecule has 0 aromatic rings. The van der Waals surface area contributed by atoms with Crippen LogP contribution in [0.2, 0.25) is 0 Å². The van der Waals surface area contributed by atoms with Crippen molar-refractivity contribution in [2.45, 2.75) is 13.0 Å². The number of hydrogen-bond acceptors (Lipinski definition) is 4. The van der Waals surface area contributed by atoms with E-state index in [1.54, 1.807) is 12.2 Å². The number of ether oxygens (including phenoxy) is 1. The van der Waals surface area contributed by atoms with Gasteiger partial charge in [0.2, 0.25) is 0 Å². The molecular formula is C7H14O5S. The monoisotopic (exact) mass is 210 g/mol. The van der Waals surface area contributed by atoms with E-state index in [1.807, 2.05) is 6.92 Å². The fraction of sp³-hybridized carbons (Fsp3) is 0.714. The molecule has 0 saturated heterocycles. The molecule has 0 amide bonds. The van der Waals surface area contributed by atoms with Gasteiger partial charge in [-0.2, -0.15) is 8.42 Å². The Morgan fingerprint density at radius 1 is 1.54 bits per heavy atom. The number of aliphatic hydroxyl groups is 1. The maximum Gasteiger partial charge on any atom is 0.267 e. The zero-order chi connectivity index (χ0) is 10.3. The molecule has 0 radical (unpaired) electrons. The smallest absolute Gasteiger partial charge is 0.267 e. The van der Waals surface area contributed by atoms with Crippen LogP contribution in [0.3, 0.4) is 0 Å². The lowest BCUT2D eigenvalue weighted by molar-refractivity contribution is 0.0607. The molecule has 6 heteroatoms. The summed E-state index contributed by atoms with van der Waals surface area (Å²) in [6, 6.07) is 0. The van der Waals surface area contributed by atoms with Crippen molar-refractivity contribution in [2.24, 2.45) is 0 Å². The summed E-state index contributed by atoms with van der Waals surface area (Å²) in [6.45, 7) is 2.03. The summed E-state index contributed by atoms with van der Waals surface area (Å²) < 4.78 is 33.7. The summed E-state index contributed by atoms with van der Waals surface area (Å²) in [7, 11) is -4.11. The molecule has 0 saturated carbocycles. The molecule has 1 atom stereocenters. The van der Waals surface area contributed by atoms with E-state index in [-0.39, 0.29) is 6.61 Å². The Morgan fingerprint density at radius 2 is 2.15 bits per heavy atom. The second-order valence-electron chi connectivity index (χ2n) is 2.51. The second-order valence-corrected chi connectivity index (χ2v) is 4.01. The molecule has 0 aliphatic heterocycles. The molecule has 78 valence electrons. The Balaban J connectivity index is 3.58. The van der Waals surface area contributed by atoms with Crippen LogP contribution in [-0.2, 0) is 14.9 Å². The fourth-order valence-corrected chi connectivity index (χ4v) is 1.24. The fourth-order valence-electron chi connectivity index (χ4n) is 0.660. The average molecular weight is 210 g/mol. The van der Waals surface area contributed by atoms with Crippen LogP contribution in [0.25, 0.3) is 0 Å². The third-order valence-corrected chi connectivity index (χ3v) is 1.97. The van der Waals surface area contributed by atoms with E-state index < -0.39 is 22.0 Å². The van der Waals surface area contributed by atoms with Gasteiger partial charge in [0, 0.05) is 0 Å². The molecule has 0 fully saturated rings. The van der Waals surface area contributed by atoms with Crippen molar-refractivity contribution in [3.05, 3.63) is 12.2 Å². The highest BCUT2D eigenvalue weighted by Gasteiger charge is 2.13. The Morgan fingerprint density at radius 3 is 2.62 bits per heavy atom. The van der Waals surface area contributed by atoms with Crippen molar-refractivity contribution < 1.29 is 22.8 Å². The molecule has 0 spiro atoms. The molecule has 0 aromatic carbocycles. The summed E-state index contributed by atoms with van der Waals surface area (Å²) in [4.78, 5) is 0. The van der Waals surface area contributed by atoms with E-state index in [4.69, 9.17) is 14.4 Å². The van der Waals surface area contributed by atoms with Gasteiger partial charge in [0.05, 0.1) is 19.3 Å². The van der Waals surface area contributed by atoms with E-state index in [0.717, 1.165) is 0 Å². The Labute approximate surface area is 77.8 Å². The van der Waals surface area contributed by atoms with Gasteiger partial charge in [-0.3, -0.25) is 4.55 Å². The van der Waals surface area contributed by atoms with Gasteiger partial charge >= 0.3 is 0 Å². The second kappa shape index (κ2) is 6.09. The van der Waals surface area contributed by atoms with Crippen molar-refractivity contribution in [3.63, 3.8) is 0 Å². The number of aliphatic hydroxyl groups excluding tert-OH is 1. The lowest BCUT2D eigenvalue weighted by atomic mass is 10.4. The van der Waals surface area contributed by atoms with Gasteiger partial charge in [0.1, 0.15) is 5.75 Å². The van der Waals surface area contributed by atoms with Crippen LogP contribution in [0.1, 0.15) is 6.92 Å². The highest BCUT2D eigenvalue weighted by molar-refractivity contribution is 7.85. The van der Waals surface area contributed by atoms with E-state index in [1.165, 1.54) is 0 Å². The molecular weight excluding hydrogens is 196 g/mol. The molecule has 0 aliphatic rings. The number of allylic oxidation sites excluding steroid dienone is 1. The minimum atomic E-state index is -4.11. The number of hydrogen-bond donors (Lipinski definition) is 2. The molecule has 0 rings (SSSR count). The largest absolute Gasteiger partial charge is 0.390 e. The molecule has 13 heavy (non-hydrogen) atoms. The third-order valence-electron chi connectivity index (χ3n) is 1.16. The quantitative estimate of drug-likeness (QED) is 0.361. The van der Waals surface area contributed by atoms with Crippen LogP contribution in [0, 0.1) is 0 Å². The van der Waals surface area contributed by atoms with Gasteiger partial charge in [0.15, 0.2) is 0 Å². The molecule has 2 N–H and O–H groups in total. The topological polar surface area (TPSA) is 83.8 Å². The van der Waals surface area contributed by atoms with E-state index in [9.17, 15) is 8.42 Å². The van der Waals surface area contributed by atoms with Gasteiger partial charge in [0.25, 0.3) is 10.1 Å².